The number of rotatable bonds is 4. The highest BCUT2D eigenvalue weighted by atomic mass is 35.5. The van der Waals surface area contributed by atoms with E-state index in [0.29, 0.717) is 23.9 Å². The number of carbonyl (C=O) groups excluding carboxylic acids is 1. The summed E-state index contributed by atoms with van der Waals surface area (Å²) in [6.07, 6.45) is 3.83. The number of fused-ring (bicyclic) bond motifs is 1. The van der Waals surface area contributed by atoms with Gasteiger partial charge in [0.2, 0.25) is 5.91 Å². The molecule has 2 aromatic rings. The second kappa shape index (κ2) is 6.97. The minimum absolute atomic E-state index is 0.0381. The molecule has 0 fully saturated rings. The van der Waals surface area contributed by atoms with Crippen molar-refractivity contribution in [2.45, 2.75) is 31.6 Å². The van der Waals surface area contributed by atoms with Crippen LogP contribution in [0.25, 0.3) is 0 Å². The van der Waals surface area contributed by atoms with Gasteiger partial charge < -0.3 is 5.32 Å². The van der Waals surface area contributed by atoms with Gasteiger partial charge in [-0.2, -0.15) is 0 Å². The van der Waals surface area contributed by atoms with Gasteiger partial charge in [0.1, 0.15) is 0 Å². The molecule has 0 saturated heterocycles. The van der Waals surface area contributed by atoms with Crippen molar-refractivity contribution in [3.05, 3.63) is 70.2 Å². The molecular formula is C19H20ClNO. The van der Waals surface area contributed by atoms with Gasteiger partial charge in [0.25, 0.3) is 0 Å². The molecule has 0 heterocycles. The first-order valence-electron chi connectivity index (χ1n) is 7.82. The summed E-state index contributed by atoms with van der Waals surface area (Å²) in [7, 11) is 0. The molecule has 2 aromatic carbocycles. The maximum absolute atomic E-state index is 12.1. The van der Waals surface area contributed by atoms with E-state index in [1.165, 1.54) is 17.5 Å². The molecule has 0 spiro atoms. The first-order chi connectivity index (χ1) is 10.7. The van der Waals surface area contributed by atoms with E-state index in [9.17, 15) is 4.79 Å². The van der Waals surface area contributed by atoms with Gasteiger partial charge in [-0.1, -0.05) is 54.1 Å². The van der Waals surface area contributed by atoms with Crippen molar-refractivity contribution in [1.82, 2.24) is 5.32 Å². The molecule has 1 aliphatic rings. The SMILES string of the molecule is O=C(Cc1ccccc1Cl)NCC1CCCc2ccccc21. The second-order valence-corrected chi connectivity index (χ2v) is 6.27. The van der Waals surface area contributed by atoms with Crippen LogP contribution < -0.4 is 5.32 Å². The predicted octanol–water partition coefficient (Wildman–Crippen LogP) is 4.12. The van der Waals surface area contributed by atoms with Crippen LogP contribution in [0.2, 0.25) is 5.02 Å². The predicted molar refractivity (Wildman–Crippen MR) is 90.3 cm³/mol. The number of amides is 1. The first-order valence-corrected chi connectivity index (χ1v) is 8.20. The smallest absolute Gasteiger partial charge is 0.224 e. The van der Waals surface area contributed by atoms with Gasteiger partial charge in [0.05, 0.1) is 6.42 Å². The quantitative estimate of drug-likeness (QED) is 0.904. The molecule has 2 nitrogen and oxygen atoms in total. The second-order valence-electron chi connectivity index (χ2n) is 5.86. The van der Waals surface area contributed by atoms with Gasteiger partial charge in [0.15, 0.2) is 0 Å². The highest BCUT2D eigenvalue weighted by Crippen LogP contribution is 2.30. The number of nitrogens with one attached hydrogen (secondary N) is 1. The highest BCUT2D eigenvalue weighted by molar-refractivity contribution is 6.31. The van der Waals surface area contributed by atoms with Crippen molar-refractivity contribution in [3.8, 4) is 0 Å². The average Bonchev–Trinajstić information content (AvgIpc) is 2.55. The summed E-state index contributed by atoms with van der Waals surface area (Å²) in [5.74, 6) is 0.469. The molecule has 3 heteroatoms. The average molecular weight is 314 g/mol. The van der Waals surface area contributed by atoms with E-state index in [1.54, 1.807) is 0 Å². The van der Waals surface area contributed by atoms with Crippen LogP contribution in [0.4, 0.5) is 0 Å². The van der Waals surface area contributed by atoms with Crippen LogP contribution in [0, 0.1) is 0 Å². The molecule has 1 aliphatic carbocycles. The lowest BCUT2D eigenvalue weighted by molar-refractivity contribution is -0.120. The van der Waals surface area contributed by atoms with Crippen LogP contribution in [-0.2, 0) is 17.6 Å². The molecule has 114 valence electrons. The van der Waals surface area contributed by atoms with Crippen LogP contribution in [0.5, 0.6) is 0 Å². The van der Waals surface area contributed by atoms with Crippen molar-refractivity contribution in [3.63, 3.8) is 0 Å². The van der Waals surface area contributed by atoms with E-state index in [4.69, 9.17) is 11.6 Å². The van der Waals surface area contributed by atoms with Crippen molar-refractivity contribution in [1.29, 1.82) is 0 Å². The Labute approximate surface area is 136 Å². The zero-order chi connectivity index (χ0) is 15.4. The Morgan fingerprint density at radius 2 is 1.91 bits per heavy atom. The molecule has 1 atom stereocenters. The Kier molecular flexibility index (Phi) is 4.79. The molecule has 22 heavy (non-hydrogen) atoms. The summed E-state index contributed by atoms with van der Waals surface area (Å²) in [6, 6.07) is 16.1. The molecule has 1 amide bonds. The van der Waals surface area contributed by atoms with Crippen molar-refractivity contribution >= 4 is 17.5 Å². The third-order valence-electron chi connectivity index (χ3n) is 4.35. The van der Waals surface area contributed by atoms with E-state index < -0.39 is 0 Å². The molecule has 0 saturated carbocycles. The fraction of sp³-hybridized carbons (Fsp3) is 0.316. The van der Waals surface area contributed by atoms with Gasteiger partial charge in [-0.3, -0.25) is 4.79 Å². The van der Waals surface area contributed by atoms with E-state index in [2.05, 4.69) is 29.6 Å². The molecule has 0 aliphatic heterocycles. The van der Waals surface area contributed by atoms with E-state index in [1.807, 2.05) is 24.3 Å². The Morgan fingerprint density at radius 3 is 2.77 bits per heavy atom. The Bertz CT molecular complexity index is 668. The number of halogens is 1. The van der Waals surface area contributed by atoms with Gasteiger partial charge in [-0.25, -0.2) is 0 Å². The summed E-state index contributed by atoms with van der Waals surface area (Å²) in [5.41, 5.74) is 3.71. The van der Waals surface area contributed by atoms with Crippen LogP contribution >= 0.6 is 11.6 Å². The zero-order valence-corrected chi connectivity index (χ0v) is 13.3. The molecule has 0 radical (unpaired) electrons. The summed E-state index contributed by atoms with van der Waals surface area (Å²) in [6.45, 7) is 0.709. The Morgan fingerprint density at radius 1 is 1.14 bits per heavy atom. The molecule has 0 bridgehead atoms. The fourth-order valence-electron chi connectivity index (χ4n) is 3.18. The monoisotopic (exact) mass is 313 g/mol. The molecular weight excluding hydrogens is 294 g/mol. The molecule has 1 N–H and O–H groups in total. The van der Waals surface area contributed by atoms with Gasteiger partial charge in [-0.05, 0) is 42.0 Å². The number of aryl methyl sites for hydroxylation is 1. The minimum Gasteiger partial charge on any atom is -0.355 e. The summed E-state index contributed by atoms with van der Waals surface area (Å²) in [4.78, 5) is 12.1. The zero-order valence-electron chi connectivity index (χ0n) is 12.5. The Balaban J connectivity index is 1.59. The van der Waals surface area contributed by atoms with E-state index in [-0.39, 0.29) is 5.91 Å². The van der Waals surface area contributed by atoms with Crippen LogP contribution in [-0.4, -0.2) is 12.5 Å². The van der Waals surface area contributed by atoms with Crippen LogP contribution in [0.1, 0.15) is 35.4 Å². The standard InChI is InChI=1S/C19H20ClNO/c20-18-11-4-2-7-15(18)12-19(22)21-13-16-9-5-8-14-6-1-3-10-17(14)16/h1-4,6-7,10-11,16H,5,8-9,12-13H2,(H,21,22). The maximum atomic E-state index is 12.1. The highest BCUT2D eigenvalue weighted by Gasteiger charge is 2.20. The lowest BCUT2D eigenvalue weighted by Crippen LogP contribution is -2.31. The van der Waals surface area contributed by atoms with Crippen molar-refractivity contribution in [2.75, 3.05) is 6.54 Å². The van der Waals surface area contributed by atoms with Crippen molar-refractivity contribution < 1.29 is 4.79 Å². The maximum Gasteiger partial charge on any atom is 0.224 e. The van der Waals surface area contributed by atoms with Gasteiger partial charge in [0, 0.05) is 17.5 Å². The van der Waals surface area contributed by atoms with Crippen molar-refractivity contribution in [2.24, 2.45) is 0 Å². The van der Waals surface area contributed by atoms with Crippen LogP contribution in [0.3, 0.4) is 0 Å². The van der Waals surface area contributed by atoms with E-state index >= 15 is 0 Å². The summed E-state index contributed by atoms with van der Waals surface area (Å²) < 4.78 is 0. The number of hydrogen-bond donors (Lipinski definition) is 1. The lowest BCUT2D eigenvalue weighted by atomic mass is 9.83. The third-order valence-corrected chi connectivity index (χ3v) is 4.72. The van der Waals surface area contributed by atoms with E-state index in [0.717, 1.165) is 18.4 Å². The lowest BCUT2D eigenvalue weighted by Gasteiger charge is -2.25. The fourth-order valence-corrected chi connectivity index (χ4v) is 3.38. The van der Waals surface area contributed by atoms with Gasteiger partial charge in [-0.15, -0.1) is 0 Å². The number of benzene rings is 2. The first kappa shape index (κ1) is 15.1. The van der Waals surface area contributed by atoms with Crippen LogP contribution in [0.15, 0.2) is 48.5 Å². The third kappa shape index (κ3) is 3.50. The van der Waals surface area contributed by atoms with Gasteiger partial charge >= 0.3 is 0 Å². The molecule has 0 aromatic heterocycles. The minimum atomic E-state index is 0.0381. The number of hydrogen-bond acceptors (Lipinski definition) is 1. The summed E-state index contributed by atoms with van der Waals surface area (Å²) >= 11 is 6.10. The number of carbonyl (C=O) groups is 1. The molecule has 3 rings (SSSR count). The molecule has 1 unspecified atom stereocenters. The largest absolute Gasteiger partial charge is 0.355 e. The topological polar surface area (TPSA) is 29.1 Å². The summed E-state index contributed by atoms with van der Waals surface area (Å²) in [5, 5.41) is 3.72. The normalized spacial score (nSPS) is 16.9. The Hall–Kier alpha value is -1.80.